The molecule has 2 aromatic rings. The molecule has 1 atom stereocenters. The zero-order valence-corrected chi connectivity index (χ0v) is 12.8. The second kappa shape index (κ2) is 6.58. The third-order valence-corrected chi connectivity index (χ3v) is 4.07. The summed E-state index contributed by atoms with van der Waals surface area (Å²) in [6, 6.07) is 3.26. The first kappa shape index (κ1) is 12.4. The number of hydrogen-bond acceptors (Lipinski definition) is 4. The lowest BCUT2D eigenvalue weighted by molar-refractivity contribution is 0.322. The second-order valence-electron chi connectivity index (χ2n) is 5.69. The lowest BCUT2D eigenvalue weighted by atomic mass is 10.1. The third-order valence-electron chi connectivity index (χ3n) is 4.07. The highest BCUT2D eigenvalue weighted by Crippen LogP contribution is 2.25. The molecule has 1 fully saturated rings. The number of rotatable bonds is 4. The average molecular weight is 321 g/mol. The topological polar surface area (TPSA) is 41.0 Å². The van der Waals surface area contributed by atoms with Crippen molar-refractivity contribution in [2.75, 3.05) is 25.4 Å². The Hall–Kier alpha value is -2.08. The van der Waals surface area contributed by atoms with Crippen LogP contribution in [0.1, 0.15) is 22.6 Å². The molecule has 122 valence electrons. The zero-order chi connectivity index (χ0) is 18.9. The molecule has 1 aromatic heterocycles. The summed E-state index contributed by atoms with van der Waals surface area (Å²) >= 11 is 0. The zero-order valence-electron chi connectivity index (χ0n) is 15.8. The number of hydrogen-bond donors (Lipinski definition) is 1. The number of benzene rings is 1. The first-order valence-electron chi connectivity index (χ1n) is 9.05. The van der Waals surface area contributed by atoms with Crippen LogP contribution in [0.5, 0.6) is 0 Å². The molecule has 23 heavy (non-hydrogen) atoms. The maximum absolute atomic E-state index is 14.0. The number of likely N-dealkylation sites (N-methyl/N-ethyl adjacent to an activating group) is 1. The first-order chi connectivity index (χ1) is 12.3. The number of likely N-dealkylation sites (tertiary alicyclic amines) is 1. The molecule has 1 aromatic carbocycles. The molecule has 1 aliphatic rings. The van der Waals surface area contributed by atoms with Gasteiger partial charge in [0.25, 0.3) is 0 Å². The van der Waals surface area contributed by atoms with Crippen LogP contribution in [-0.4, -0.2) is 41.0 Å². The van der Waals surface area contributed by atoms with E-state index in [9.17, 15) is 8.78 Å². The van der Waals surface area contributed by atoms with Crippen LogP contribution in [0.25, 0.3) is 11.1 Å². The molecule has 1 aliphatic heterocycles. The molecule has 1 saturated heterocycles. The minimum atomic E-state index is -2.11. The Kier molecular flexibility index (Phi) is 3.53. The van der Waals surface area contributed by atoms with Crippen LogP contribution in [0, 0.1) is 18.6 Å². The SMILES string of the molecule is [2H]C([2H])([2H])N1CCCC1CNc1ncc(-c2ccc(F)cc2F)c(C)n1. The van der Waals surface area contributed by atoms with E-state index in [1.807, 2.05) is 0 Å². The van der Waals surface area contributed by atoms with E-state index in [0.717, 1.165) is 18.9 Å². The summed E-state index contributed by atoms with van der Waals surface area (Å²) in [5.41, 5.74) is 1.27. The Bertz CT molecular complexity index is 798. The Labute approximate surface area is 138 Å². The van der Waals surface area contributed by atoms with E-state index >= 15 is 0 Å². The van der Waals surface area contributed by atoms with Crippen molar-refractivity contribution in [3.8, 4) is 11.1 Å². The third kappa shape index (κ3) is 3.47. The van der Waals surface area contributed by atoms with Crippen molar-refractivity contribution in [3.63, 3.8) is 0 Å². The Morgan fingerprint density at radius 1 is 1.39 bits per heavy atom. The van der Waals surface area contributed by atoms with Gasteiger partial charge in [0.05, 0.1) is 5.69 Å². The molecule has 2 heterocycles. The fourth-order valence-corrected chi connectivity index (χ4v) is 2.78. The number of nitrogens with zero attached hydrogens (tertiary/aromatic N) is 3. The first-order valence-corrected chi connectivity index (χ1v) is 7.55. The van der Waals surface area contributed by atoms with E-state index in [0.29, 0.717) is 30.3 Å². The van der Waals surface area contributed by atoms with Gasteiger partial charge in [-0.15, -0.1) is 0 Å². The fraction of sp³-hybridized carbons (Fsp3) is 0.412. The maximum Gasteiger partial charge on any atom is 0.222 e. The normalized spacial score (nSPS) is 20.8. The summed E-state index contributed by atoms with van der Waals surface area (Å²) in [5.74, 6) is -0.957. The van der Waals surface area contributed by atoms with Crippen molar-refractivity contribution >= 4 is 5.95 Å². The standard InChI is InChI=1S/C17H20F2N4/c1-11-15(14-6-5-12(18)8-16(14)19)10-21-17(22-11)20-9-13-4-3-7-23(13)2/h5-6,8,10,13H,3-4,7,9H2,1-2H3,(H,20,21,22)/i2D3. The maximum atomic E-state index is 14.0. The van der Waals surface area contributed by atoms with Crippen LogP contribution in [0.4, 0.5) is 14.7 Å². The van der Waals surface area contributed by atoms with Crippen LogP contribution >= 0.6 is 0 Å². The largest absolute Gasteiger partial charge is 0.353 e. The lowest BCUT2D eigenvalue weighted by Crippen LogP contribution is -2.32. The molecule has 0 saturated carbocycles. The molecule has 0 radical (unpaired) electrons. The predicted molar refractivity (Wildman–Crippen MR) is 86.3 cm³/mol. The number of aryl methyl sites for hydroxylation is 1. The van der Waals surface area contributed by atoms with E-state index in [1.54, 1.807) is 6.92 Å². The van der Waals surface area contributed by atoms with E-state index in [2.05, 4.69) is 15.3 Å². The van der Waals surface area contributed by atoms with E-state index < -0.39 is 18.6 Å². The molecule has 0 amide bonds. The molecule has 3 rings (SSSR count). The fourth-order valence-electron chi connectivity index (χ4n) is 2.78. The van der Waals surface area contributed by atoms with Crippen molar-refractivity contribution < 1.29 is 12.9 Å². The molecular formula is C17H20F2N4. The van der Waals surface area contributed by atoms with Gasteiger partial charge in [-0.2, -0.15) is 0 Å². The van der Waals surface area contributed by atoms with Gasteiger partial charge in [-0.05, 0) is 45.4 Å². The van der Waals surface area contributed by atoms with Crippen molar-refractivity contribution in [2.45, 2.75) is 25.8 Å². The van der Waals surface area contributed by atoms with E-state index in [-0.39, 0.29) is 11.6 Å². The quantitative estimate of drug-likeness (QED) is 0.939. The highest BCUT2D eigenvalue weighted by atomic mass is 19.1. The number of halogens is 2. The van der Waals surface area contributed by atoms with Gasteiger partial charge in [0.1, 0.15) is 11.6 Å². The van der Waals surface area contributed by atoms with Crippen molar-refractivity contribution in [1.82, 2.24) is 14.9 Å². The summed E-state index contributed by atoms with van der Waals surface area (Å²) in [5, 5.41) is 3.06. The van der Waals surface area contributed by atoms with Crippen LogP contribution in [-0.2, 0) is 0 Å². The highest BCUT2D eigenvalue weighted by molar-refractivity contribution is 5.66. The average Bonchev–Trinajstić information content (AvgIpc) is 3.03. The van der Waals surface area contributed by atoms with Crippen LogP contribution < -0.4 is 5.32 Å². The molecule has 1 N–H and O–H groups in total. The Morgan fingerprint density at radius 3 is 3.00 bits per heavy atom. The van der Waals surface area contributed by atoms with E-state index in [1.165, 1.54) is 23.2 Å². The minimum absolute atomic E-state index is 0.111. The van der Waals surface area contributed by atoms with Gasteiger partial charge in [0.15, 0.2) is 0 Å². The van der Waals surface area contributed by atoms with Gasteiger partial charge < -0.3 is 10.2 Å². The molecule has 1 unspecified atom stereocenters. The lowest BCUT2D eigenvalue weighted by Gasteiger charge is -2.19. The van der Waals surface area contributed by atoms with Crippen molar-refractivity contribution in [2.24, 2.45) is 0 Å². The Balaban J connectivity index is 1.72. The van der Waals surface area contributed by atoms with Gasteiger partial charge in [-0.3, -0.25) is 0 Å². The predicted octanol–water partition coefficient (Wildman–Crippen LogP) is 3.24. The van der Waals surface area contributed by atoms with Crippen LogP contribution in [0.3, 0.4) is 0 Å². The number of aromatic nitrogens is 2. The molecular weight excluding hydrogens is 298 g/mol. The van der Waals surface area contributed by atoms with Gasteiger partial charge in [0.2, 0.25) is 5.95 Å². The Morgan fingerprint density at radius 2 is 2.26 bits per heavy atom. The molecule has 4 nitrogen and oxygen atoms in total. The second-order valence-corrected chi connectivity index (χ2v) is 5.69. The number of anilines is 1. The minimum Gasteiger partial charge on any atom is -0.353 e. The number of nitrogens with one attached hydrogen (secondary N) is 1. The smallest absolute Gasteiger partial charge is 0.222 e. The van der Waals surface area contributed by atoms with Gasteiger partial charge in [-0.1, -0.05) is 0 Å². The van der Waals surface area contributed by atoms with Gasteiger partial charge >= 0.3 is 0 Å². The molecule has 0 aliphatic carbocycles. The van der Waals surface area contributed by atoms with Gasteiger partial charge in [0, 0.05) is 40.1 Å². The summed E-state index contributed by atoms with van der Waals surface area (Å²) in [6.45, 7) is 0.576. The molecule has 6 heteroatoms. The van der Waals surface area contributed by atoms with Crippen LogP contribution in [0.2, 0.25) is 0 Å². The monoisotopic (exact) mass is 321 g/mol. The van der Waals surface area contributed by atoms with Gasteiger partial charge in [-0.25, -0.2) is 18.7 Å². The summed E-state index contributed by atoms with van der Waals surface area (Å²) < 4.78 is 49.7. The summed E-state index contributed by atoms with van der Waals surface area (Å²) in [4.78, 5) is 10.0. The molecule has 0 bridgehead atoms. The van der Waals surface area contributed by atoms with Crippen molar-refractivity contribution in [3.05, 3.63) is 41.7 Å². The van der Waals surface area contributed by atoms with Crippen molar-refractivity contribution in [1.29, 1.82) is 0 Å². The highest BCUT2D eigenvalue weighted by Gasteiger charge is 2.20. The van der Waals surface area contributed by atoms with E-state index in [4.69, 9.17) is 4.11 Å². The summed E-state index contributed by atoms with van der Waals surface area (Å²) in [6.07, 6.45) is 3.12. The molecule has 0 spiro atoms. The summed E-state index contributed by atoms with van der Waals surface area (Å²) in [7, 11) is 0. The van der Waals surface area contributed by atoms with Crippen LogP contribution in [0.15, 0.2) is 24.4 Å².